The zero-order valence-electron chi connectivity index (χ0n) is 14.0. The lowest BCUT2D eigenvalue weighted by Gasteiger charge is -2.14. The number of aryl methyl sites for hydroxylation is 2. The van der Waals surface area contributed by atoms with E-state index in [0.717, 1.165) is 22.3 Å². The van der Waals surface area contributed by atoms with Crippen LogP contribution in [0.25, 0.3) is 28.0 Å². The van der Waals surface area contributed by atoms with E-state index in [9.17, 15) is 4.39 Å². The summed E-state index contributed by atoms with van der Waals surface area (Å²) in [5.41, 5.74) is 4.15. The third kappa shape index (κ3) is 2.73. The Bertz CT molecular complexity index is 1150. The predicted octanol–water partition coefficient (Wildman–Crippen LogP) is 5.55. The van der Waals surface area contributed by atoms with Crippen LogP contribution in [-0.2, 0) is 0 Å². The summed E-state index contributed by atoms with van der Waals surface area (Å²) in [4.78, 5) is 4.44. The summed E-state index contributed by atoms with van der Waals surface area (Å²) in [6.07, 6.45) is 1.65. The fourth-order valence-electron chi connectivity index (χ4n) is 2.98. The van der Waals surface area contributed by atoms with Crippen molar-refractivity contribution < 1.29 is 4.39 Å². The molecule has 0 atom stereocenters. The first-order valence-corrected chi connectivity index (χ1v) is 8.64. The highest BCUT2D eigenvalue weighted by Gasteiger charge is 2.19. The molecule has 0 fully saturated rings. The van der Waals surface area contributed by atoms with Crippen molar-refractivity contribution in [2.45, 2.75) is 13.8 Å². The maximum absolute atomic E-state index is 14.6. The van der Waals surface area contributed by atoms with Gasteiger partial charge < -0.3 is 0 Å². The van der Waals surface area contributed by atoms with E-state index >= 15 is 0 Å². The van der Waals surface area contributed by atoms with Gasteiger partial charge in [-0.05, 0) is 49.2 Å². The molecular formula is C19H13Cl2FN4. The average molecular weight is 387 g/mol. The number of halogens is 3. The third-order valence-corrected chi connectivity index (χ3v) is 4.73. The second kappa shape index (κ2) is 6.34. The highest BCUT2D eigenvalue weighted by molar-refractivity contribution is 6.33. The maximum Gasteiger partial charge on any atom is 0.164 e. The molecule has 0 radical (unpaired) electrons. The van der Waals surface area contributed by atoms with Gasteiger partial charge in [-0.2, -0.15) is 4.68 Å². The number of rotatable bonds is 2. The summed E-state index contributed by atoms with van der Waals surface area (Å²) in [6, 6.07) is 10.5. The molecule has 0 N–H and O–H groups in total. The lowest BCUT2D eigenvalue weighted by molar-refractivity contribution is 0.630. The topological polar surface area (TPSA) is 43.6 Å². The summed E-state index contributed by atoms with van der Waals surface area (Å²) in [5, 5.41) is 9.00. The number of aromatic nitrogens is 4. The van der Waals surface area contributed by atoms with Crippen LogP contribution in [0.4, 0.5) is 4.39 Å². The van der Waals surface area contributed by atoms with Gasteiger partial charge in [-0.15, -0.1) is 5.10 Å². The van der Waals surface area contributed by atoms with Gasteiger partial charge in [-0.1, -0.05) is 40.5 Å². The van der Waals surface area contributed by atoms with Gasteiger partial charge in [-0.25, -0.2) is 9.37 Å². The van der Waals surface area contributed by atoms with Crippen molar-refractivity contribution in [3.05, 3.63) is 69.6 Å². The van der Waals surface area contributed by atoms with Gasteiger partial charge in [0, 0.05) is 27.4 Å². The molecule has 4 nitrogen and oxygen atoms in total. The number of benzene rings is 2. The molecule has 4 aromatic rings. The SMILES string of the molecule is Cc1ccc(-c2c(C)ccnc2-n2nnc3cc(Cl)cc(F)c32)c(Cl)c1. The predicted molar refractivity (Wildman–Crippen MR) is 102 cm³/mol. The number of pyridine rings is 1. The van der Waals surface area contributed by atoms with E-state index in [4.69, 9.17) is 23.2 Å². The van der Waals surface area contributed by atoms with E-state index in [0.29, 0.717) is 16.4 Å². The molecule has 0 saturated carbocycles. The summed E-state index contributed by atoms with van der Waals surface area (Å²) >= 11 is 12.4. The summed E-state index contributed by atoms with van der Waals surface area (Å²) in [6.45, 7) is 3.92. The van der Waals surface area contributed by atoms with Crippen LogP contribution >= 0.6 is 23.2 Å². The lowest BCUT2D eigenvalue weighted by atomic mass is 10.0. The monoisotopic (exact) mass is 386 g/mol. The molecule has 2 aromatic carbocycles. The Morgan fingerprint density at radius 3 is 2.62 bits per heavy atom. The van der Waals surface area contributed by atoms with Crippen LogP contribution in [-0.4, -0.2) is 20.0 Å². The first kappa shape index (κ1) is 16.9. The minimum absolute atomic E-state index is 0.219. The first-order valence-electron chi connectivity index (χ1n) is 7.88. The smallest absolute Gasteiger partial charge is 0.164 e. The molecule has 4 rings (SSSR count). The van der Waals surface area contributed by atoms with E-state index in [1.807, 2.05) is 38.1 Å². The molecule has 0 bridgehead atoms. The minimum atomic E-state index is -0.512. The maximum atomic E-state index is 14.6. The van der Waals surface area contributed by atoms with Crippen LogP contribution in [0.5, 0.6) is 0 Å². The van der Waals surface area contributed by atoms with Crippen molar-refractivity contribution in [3.8, 4) is 16.9 Å². The zero-order chi connectivity index (χ0) is 18.4. The molecule has 0 spiro atoms. The van der Waals surface area contributed by atoms with E-state index in [1.165, 1.54) is 10.7 Å². The van der Waals surface area contributed by atoms with E-state index in [-0.39, 0.29) is 10.5 Å². The molecule has 7 heteroatoms. The Labute approximate surface area is 159 Å². The van der Waals surface area contributed by atoms with Gasteiger partial charge >= 0.3 is 0 Å². The van der Waals surface area contributed by atoms with Crippen LogP contribution in [0.2, 0.25) is 10.0 Å². The zero-order valence-corrected chi connectivity index (χ0v) is 15.5. The van der Waals surface area contributed by atoms with Crippen LogP contribution in [0.15, 0.2) is 42.6 Å². The summed E-state index contributed by atoms with van der Waals surface area (Å²) in [7, 11) is 0. The Balaban J connectivity index is 2.04. The number of fused-ring (bicyclic) bond motifs is 1. The second-order valence-electron chi connectivity index (χ2n) is 6.07. The average Bonchev–Trinajstić information content (AvgIpc) is 2.99. The normalized spacial score (nSPS) is 11.3. The Hall–Kier alpha value is -2.50. The number of hydrogen-bond donors (Lipinski definition) is 0. The quantitative estimate of drug-likeness (QED) is 0.453. The molecule has 0 amide bonds. The van der Waals surface area contributed by atoms with E-state index < -0.39 is 5.82 Å². The molecule has 2 aromatic heterocycles. The third-order valence-electron chi connectivity index (χ3n) is 4.20. The number of nitrogens with zero attached hydrogens (tertiary/aromatic N) is 4. The molecule has 2 heterocycles. The Morgan fingerprint density at radius 2 is 1.85 bits per heavy atom. The Morgan fingerprint density at radius 1 is 1.04 bits per heavy atom. The van der Waals surface area contributed by atoms with Gasteiger partial charge in [0.1, 0.15) is 11.0 Å². The van der Waals surface area contributed by atoms with Gasteiger partial charge in [-0.3, -0.25) is 0 Å². The highest BCUT2D eigenvalue weighted by Crippen LogP contribution is 2.35. The van der Waals surface area contributed by atoms with Gasteiger partial charge in [0.2, 0.25) is 0 Å². The van der Waals surface area contributed by atoms with Crippen molar-refractivity contribution in [3.63, 3.8) is 0 Å². The van der Waals surface area contributed by atoms with Crippen molar-refractivity contribution >= 4 is 34.2 Å². The van der Waals surface area contributed by atoms with Crippen molar-refractivity contribution in [1.29, 1.82) is 0 Å². The van der Waals surface area contributed by atoms with E-state index in [1.54, 1.807) is 12.3 Å². The molecule has 26 heavy (non-hydrogen) atoms. The van der Waals surface area contributed by atoms with Crippen LogP contribution in [0.3, 0.4) is 0 Å². The molecule has 0 saturated heterocycles. The Kier molecular flexibility index (Phi) is 4.13. The standard InChI is InChI=1S/C19H13Cl2FN4/c1-10-3-4-13(14(21)7-10)17-11(2)5-6-23-19(17)26-18-15(22)8-12(20)9-16(18)24-25-26/h3-9H,1-2H3. The molecule has 130 valence electrons. The van der Waals surface area contributed by atoms with Gasteiger partial charge in [0.15, 0.2) is 11.6 Å². The molecule has 0 unspecified atom stereocenters. The van der Waals surface area contributed by atoms with Gasteiger partial charge in [0.25, 0.3) is 0 Å². The molecule has 0 aliphatic heterocycles. The molecule has 0 aliphatic carbocycles. The first-order chi connectivity index (χ1) is 12.5. The van der Waals surface area contributed by atoms with Crippen LogP contribution < -0.4 is 0 Å². The fourth-order valence-corrected chi connectivity index (χ4v) is 3.51. The second-order valence-corrected chi connectivity index (χ2v) is 6.91. The molecular weight excluding hydrogens is 374 g/mol. The van der Waals surface area contributed by atoms with Crippen molar-refractivity contribution in [2.75, 3.05) is 0 Å². The minimum Gasteiger partial charge on any atom is -0.236 e. The van der Waals surface area contributed by atoms with Gasteiger partial charge in [0.05, 0.1) is 0 Å². The van der Waals surface area contributed by atoms with E-state index in [2.05, 4.69) is 15.3 Å². The fraction of sp³-hybridized carbons (Fsp3) is 0.105. The summed E-state index contributed by atoms with van der Waals surface area (Å²) < 4.78 is 15.9. The lowest BCUT2D eigenvalue weighted by Crippen LogP contribution is -2.05. The van der Waals surface area contributed by atoms with Crippen LogP contribution in [0.1, 0.15) is 11.1 Å². The van der Waals surface area contributed by atoms with Crippen LogP contribution in [0, 0.1) is 19.7 Å². The molecule has 0 aliphatic rings. The van der Waals surface area contributed by atoms with Crippen molar-refractivity contribution in [2.24, 2.45) is 0 Å². The largest absolute Gasteiger partial charge is 0.236 e. The summed E-state index contributed by atoms with van der Waals surface area (Å²) in [5.74, 6) is -0.0544. The highest BCUT2D eigenvalue weighted by atomic mass is 35.5. The van der Waals surface area contributed by atoms with Crippen molar-refractivity contribution in [1.82, 2.24) is 20.0 Å². The number of hydrogen-bond acceptors (Lipinski definition) is 3.